The van der Waals surface area contributed by atoms with Gasteiger partial charge < -0.3 is 10.2 Å². The Morgan fingerprint density at radius 3 is 2.83 bits per heavy atom. The number of amides is 2. The van der Waals surface area contributed by atoms with Gasteiger partial charge in [0.15, 0.2) is 0 Å². The van der Waals surface area contributed by atoms with Crippen LogP contribution in [-0.4, -0.2) is 29.5 Å². The number of nitriles is 1. The van der Waals surface area contributed by atoms with E-state index >= 15 is 0 Å². The van der Waals surface area contributed by atoms with Crippen molar-refractivity contribution in [2.75, 3.05) is 13.6 Å². The van der Waals surface area contributed by atoms with Gasteiger partial charge in [0, 0.05) is 29.6 Å². The molecule has 0 bridgehead atoms. The van der Waals surface area contributed by atoms with Crippen LogP contribution in [0.15, 0.2) is 29.6 Å². The van der Waals surface area contributed by atoms with Crippen molar-refractivity contribution in [3.63, 3.8) is 0 Å². The third-order valence-corrected chi connectivity index (χ3v) is 4.30. The van der Waals surface area contributed by atoms with Crippen LogP contribution < -0.4 is 5.32 Å². The second-order valence-corrected chi connectivity index (χ2v) is 6.58. The molecule has 2 aromatic rings. The zero-order chi connectivity index (χ0) is 16.8. The summed E-state index contributed by atoms with van der Waals surface area (Å²) in [5.41, 5.74) is 1.85. The SMILES string of the molecule is C[C@H](C#N)CN(C)C(=O)NCc1nc(-c2ccc(Cl)cc2)cs1. The minimum Gasteiger partial charge on any atom is -0.331 e. The number of benzene rings is 1. The first-order valence-electron chi connectivity index (χ1n) is 7.08. The number of nitrogens with zero attached hydrogens (tertiary/aromatic N) is 3. The van der Waals surface area contributed by atoms with Crippen LogP contribution in [0.25, 0.3) is 11.3 Å². The van der Waals surface area contributed by atoms with E-state index in [1.54, 1.807) is 14.0 Å². The molecule has 2 rings (SSSR count). The van der Waals surface area contributed by atoms with Crippen molar-refractivity contribution in [3.05, 3.63) is 39.7 Å². The van der Waals surface area contributed by atoms with Crippen LogP contribution in [0, 0.1) is 17.2 Å². The van der Waals surface area contributed by atoms with Crippen LogP contribution in [0.2, 0.25) is 5.02 Å². The summed E-state index contributed by atoms with van der Waals surface area (Å²) in [6, 6.07) is 9.37. The second-order valence-electron chi connectivity index (χ2n) is 5.20. The number of urea groups is 1. The molecule has 2 amide bonds. The average Bonchev–Trinajstić information content (AvgIpc) is 3.02. The number of thiazole rings is 1. The number of nitrogens with one attached hydrogen (secondary N) is 1. The Balaban J connectivity index is 1.91. The molecular weight excluding hydrogens is 332 g/mol. The molecule has 7 heteroatoms. The van der Waals surface area contributed by atoms with Crippen molar-refractivity contribution in [3.8, 4) is 17.3 Å². The highest BCUT2D eigenvalue weighted by Gasteiger charge is 2.12. The molecule has 0 aliphatic carbocycles. The summed E-state index contributed by atoms with van der Waals surface area (Å²) in [7, 11) is 1.67. The quantitative estimate of drug-likeness (QED) is 0.894. The molecule has 1 aromatic carbocycles. The van der Waals surface area contributed by atoms with E-state index in [2.05, 4.69) is 16.4 Å². The molecule has 0 radical (unpaired) electrons. The number of aromatic nitrogens is 1. The minimum absolute atomic E-state index is 0.192. The van der Waals surface area contributed by atoms with Crippen molar-refractivity contribution in [1.29, 1.82) is 5.26 Å². The van der Waals surface area contributed by atoms with Crippen LogP contribution in [0.5, 0.6) is 0 Å². The first-order chi connectivity index (χ1) is 11.0. The number of halogens is 1. The van der Waals surface area contributed by atoms with E-state index in [-0.39, 0.29) is 11.9 Å². The predicted molar refractivity (Wildman–Crippen MR) is 92.2 cm³/mol. The summed E-state index contributed by atoms with van der Waals surface area (Å²) in [4.78, 5) is 18.0. The van der Waals surface area contributed by atoms with Crippen LogP contribution in [0.4, 0.5) is 4.79 Å². The molecule has 23 heavy (non-hydrogen) atoms. The lowest BCUT2D eigenvalue weighted by molar-refractivity contribution is 0.205. The maximum absolute atomic E-state index is 11.9. The number of hydrogen-bond acceptors (Lipinski definition) is 4. The topological polar surface area (TPSA) is 69.0 Å². The first kappa shape index (κ1) is 17.3. The summed E-state index contributed by atoms with van der Waals surface area (Å²) in [6.07, 6.45) is 0. The fourth-order valence-corrected chi connectivity index (χ4v) is 2.84. The van der Waals surface area contributed by atoms with Crippen molar-refractivity contribution >= 4 is 29.0 Å². The van der Waals surface area contributed by atoms with E-state index in [0.29, 0.717) is 18.1 Å². The average molecular weight is 349 g/mol. The van der Waals surface area contributed by atoms with Gasteiger partial charge in [-0.1, -0.05) is 23.7 Å². The van der Waals surface area contributed by atoms with E-state index in [1.807, 2.05) is 29.6 Å². The van der Waals surface area contributed by atoms with Crippen molar-refractivity contribution in [2.45, 2.75) is 13.5 Å². The van der Waals surface area contributed by atoms with Gasteiger partial charge in [-0.3, -0.25) is 0 Å². The van der Waals surface area contributed by atoms with Gasteiger partial charge in [-0.05, 0) is 19.1 Å². The second kappa shape index (κ2) is 7.95. The van der Waals surface area contributed by atoms with Crippen LogP contribution in [-0.2, 0) is 6.54 Å². The molecule has 0 unspecified atom stereocenters. The Morgan fingerprint density at radius 2 is 2.17 bits per heavy atom. The summed E-state index contributed by atoms with van der Waals surface area (Å²) in [5, 5.41) is 15.0. The molecule has 1 aromatic heterocycles. The van der Waals surface area contributed by atoms with E-state index < -0.39 is 0 Å². The van der Waals surface area contributed by atoms with Crippen LogP contribution in [0.3, 0.4) is 0 Å². The Kier molecular flexibility index (Phi) is 5.97. The van der Waals surface area contributed by atoms with Gasteiger partial charge >= 0.3 is 6.03 Å². The summed E-state index contributed by atoms with van der Waals surface area (Å²) < 4.78 is 0. The molecule has 0 aliphatic heterocycles. The van der Waals surface area contributed by atoms with Gasteiger partial charge in [0.05, 0.1) is 24.2 Å². The van der Waals surface area contributed by atoms with Crippen LogP contribution in [0.1, 0.15) is 11.9 Å². The normalized spacial score (nSPS) is 11.6. The third-order valence-electron chi connectivity index (χ3n) is 3.20. The molecule has 120 valence electrons. The largest absolute Gasteiger partial charge is 0.331 e. The Labute approximate surface area is 144 Å². The molecule has 0 aliphatic rings. The Bertz CT molecular complexity index is 708. The maximum Gasteiger partial charge on any atom is 0.317 e. The number of rotatable bonds is 5. The molecule has 1 atom stereocenters. The highest BCUT2D eigenvalue weighted by molar-refractivity contribution is 7.09. The zero-order valence-corrected chi connectivity index (χ0v) is 14.5. The smallest absolute Gasteiger partial charge is 0.317 e. The standard InChI is InChI=1S/C16H17ClN4OS/c1-11(7-18)9-21(2)16(22)19-8-15-20-14(10-23-15)12-3-5-13(17)6-4-12/h3-6,10-11H,8-9H2,1-2H3,(H,19,22)/t11-/m1/s1. The molecule has 0 fully saturated rings. The van der Waals surface area contributed by atoms with Gasteiger partial charge in [-0.25, -0.2) is 9.78 Å². The maximum atomic E-state index is 11.9. The van der Waals surface area contributed by atoms with Gasteiger partial charge in [0.2, 0.25) is 0 Å². The minimum atomic E-state index is -0.213. The molecule has 0 spiro atoms. The molecule has 5 nitrogen and oxygen atoms in total. The number of carbonyl (C=O) groups excluding carboxylic acids is 1. The zero-order valence-electron chi connectivity index (χ0n) is 12.9. The lowest BCUT2D eigenvalue weighted by Crippen LogP contribution is -2.38. The summed E-state index contributed by atoms with van der Waals surface area (Å²) in [6.45, 7) is 2.54. The highest BCUT2D eigenvalue weighted by atomic mass is 35.5. The molecular formula is C16H17ClN4OS. The molecule has 1 N–H and O–H groups in total. The lowest BCUT2D eigenvalue weighted by atomic mass is 10.2. The van der Waals surface area contributed by atoms with Gasteiger partial charge in [0.1, 0.15) is 5.01 Å². The van der Waals surface area contributed by atoms with E-state index in [4.69, 9.17) is 16.9 Å². The monoisotopic (exact) mass is 348 g/mol. The predicted octanol–water partition coefficient (Wildman–Crippen LogP) is 3.76. The van der Waals surface area contributed by atoms with Gasteiger partial charge in [0.25, 0.3) is 0 Å². The van der Waals surface area contributed by atoms with Crippen molar-refractivity contribution in [2.24, 2.45) is 5.92 Å². The molecule has 0 saturated carbocycles. The van der Waals surface area contributed by atoms with Crippen molar-refractivity contribution in [1.82, 2.24) is 15.2 Å². The fourth-order valence-electron chi connectivity index (χ4n) is 1.97. The van der Waals surface area contributed by atoms with Crippen molar-refractivity contribution < 1.29 is 4.79 Å². The van der Waals surface area contributed by atoms with Gasteiger partial charge in [-0.15, -0.1) is 11.3 Å². The Hall–Kier alpha value is -2.10. The van der Waals surface area contributed by atoms with Gasteiger partial charge in [-0.2, -0.15) is 5.26 Å². The molecule has 0 saturated heterocycles. The summed E-state index contributed by atoms with van der Waals surface area (Å²) in [5.74, 6) is -0.192. The summed E-state index contributed by atoms with van der Waals surface area (Å²) >= 11 is 7.37. The number of carbonyl (C=O) groups is 1. The van der Waals surface area contributed by atoms with E-state index in [0.717, 1.165) is 16.3 Å². The van der Waals surface area contributed by atoms with Crippen LogP contribution >= 0.6 is 22.9 Å². The highest BCUT2D eigenvalue weighted by Crippen LogP contribution is 2.23. The third kappa shape index (κ3) is 4.95. The number of hydrogen-bond donors (Lipinski definition) is 1. The van der Waals surface area contributed by atoms with E-state index in [1.165, 1.54) is 16.2 Å². The van der Waals surface area contributed by atoms with E-state index in [9.17, 15) is 4.79 Å². The first-order valence-corrected chi connectivity index (χ1v) is 8.34. The fraction of sp³-hybridized carbons (Fsp3) is 0.312. The molecule has 1 heterocycles. The Morgan fingerprint density at radius 1 is 1.48 bits per heavy atom. The lowest BCUT2D eigenvalue weighted by Gasteiger charge is -2.18.